The smallest absolute Gasteiger partial charge is 0.251 e. The lowest BCUT2D eigenvalue weighted by atomic mass is 10.2. The molecule has 2 aromatic carbocycles. The Labute approximate surface area is 153 Å². The van der Waals surface area contributed by atoms with Gasteiger partial charge in [-0.2, -0.15) is 0 Å². The van der Waals surface area contributed by atoms with Crippen LogP contribution in [0, 0.1) is 0 Å². The Morgan fingerprint density at radius 3 is 2.38 bits per heavy atom. The topological polar surface area (TPSA) is 79.5 Å². The van der Waals surface area contributed by atoms with Crippen LogP contribution in [-0.4, -0.2) is 38.6 Å². The Kier molecular flexibility index (Phi) is 8.15. The van der Waals surface area contributed by atoms with Crippen molar-refractivity contribution in [1.29, 1.82) is 0 Å². The largest absolute Gasteiger partial charge is 0.385 e. The molecule has 0 aliphatic heterocycles. The molecule has 0 atom stereocenters. The molecular formula is C20H25N3O3. The number of anilines is 1. The Balaban J connectivity index is 1.71. The second kappa shape index (κ2) is 10.9. The van der Waals surface area contributed by atoms with E-state index >= 15 is 0 Å². The highest BCUT2D eigenvalue weighted by molar-refractivity contribution is 5.94. The summed E-state index contributed by atoms with van der Waals surface area (Å²) in [6.45, 7) is 1.88. The number of ether oxygens (including phenoxy) is 1. The lowest BCUT2D eigenvalue weighted by Crippen LogP contribution is -2.29. The van der Waals surface area contributed by atoms with Crippen LogP contribution in [-0.2, 0) is 16.1 Å². The van der Waals surface area contributed by atoms with Crippen molar-refractivity contribution in [3.63, 3.8) is 0 Å². The highest BCUT2D eigenvalue weighted by atomic mass is 16.5. The van der Waals surface area contributed by atoms with E-state index in [-0.39, 0.29) is 18.4 Å². The normalized spacial score (nSPS) is 10.2. The molecule has 2 amide bonds. The molecule has 0 fully saturated rings. The first-order valence-corrected chi connectivity index (χ1v) is 8.60. The van der Waals surface area contributed by atoms with Gasteiger partial charge < -0.3 is 20.7 Å². The van der Waals surface area contributed by atoms with Gasteiger partial charge in [-0.25, -0.2) is 0 Å². The van der Waals surface area contributed by atoms with Crippen molar-refractivity contribution >= 4 is 17.5 Å². The van der Waals surface area contributed by atoms with E-state index < -0.39 is 0 Å². The maximum atomic E-state index is 12.0. The van der Waals surface area contributed by atoms with Gasteiger partial charge in [0.25, 0.3) is 5.91 Å². The molecule has 0 heterocycles. The third kappa shape index (κ3) is 6.94. The molecule has 0 aliphatic rings. The van der Waals surface area contributed by atoms with Gasteiger partial charge in [-0.15, -0.1) is 0 Å². The minimum Gasteiger partial charge on any atom is -0.385 e. The molecule has 0 aromatic heterocycles. The molecular weight excluding hydrogens is 330 g/mol. The molecule has 0 saturated heterocycles. The third-order valence-corrected chi connectivity index (χ3v) is 3.74. The molecule has 0 spiro atoms. The number of rotatable bonds is 10. The fraction of sp³-hybridized carbons (Fsp3) is 0.300. The van der Waals surface area contributed by atoms with E-state index in [9.17, 15) is 9.59 Å². The first kappa shape index (κ1) is 19.5. The van der Waals surface area contributed by atoms with Gasteiger partial charge in [-0.3, -0.25) is 9.59 Å². The number of hydrogen-bond acceptors (Lipinski definition) is 4. The zero-order valence-electron chi connectivity index (χ0n) is 15.0. The van der Waals surface area contributed by atoms with Crippen LogP contribution < -0.4 is 16.0 Å². The van der Waals surface area contributed by atoms with Crippen LogP contribution in [0.1, 0.15) is 22.3 Å². The van der Waals surface area contributed by atoms with Crippen LogP contribution in [0.2, 0.25) is 0 Å². The molecule has 2 rings (SSSR count). The van der Waals surface area contributed by atoms with Crippen molar-refractivity contribution < 1.29 is 14.3 Å². The number of carbonyl (C=O) groups is 2. The highest BCUT2D eigenvalue weighted by Crippen LogP contribution is 2.09. The van der Waals surface area contributed by atoms with Crippen LogP contribution in [0.25, 0.3) is 0 Å². The first-order valence-electron chi connectivity index (χ1n) is 8.60. The molecule has 6 heteroatoms. The fourth-order valence-corrected chi connectivity index (χ4v) is 2.30. The highest BCUT2D eigenvalue weighted by Gasteiger charge is 2.05. The lowest BCUT2D eigenvalue weighted by molar-refractivity contribution is -0.119. The molecule has 6 nitrogen and oxygen atoms in total. The minimum absolute atomic E-state index is 0.0891. The van der Waals surface area contributed by atoms with Gasteiger partial charge in [0.2, 0.25) is 5.91 Å². The van der Waals surface area contributed by atoms with Crippen LogP contribution in [0.15, 0.2) is 54.6 Å². The Hall–Kier alpha value is -2.86. The summed E-state index contributed by atoms with van der Waals surface area (Å²) in [5.41, 5.74) is 2.43. The first-order chi connectivity index (χ1) is 12.7. The number of carbonyl (C=O) groups excluding carboxylic acids is 2. The van der Waals surface area contributed by atoms with E-state index in [2.05, 4.69) is 16.0 Å². The van der Waals surface area contributed by atoms with Gasteiger partial charge in [0, 0.05) is 38.1 Å². The number of nitrogens with one attached hydrogen (secondary N) is 3. The summed E-state index contributed by atoms with van der Waals surface area (Å²) < 4.78 is 4.94. The maximum absolute atomic E-state index is 12.0. The van der Waals surface area contributed by atoms with Crippen molar-refractivity contribution in [2.75, 3.05) is 32.1 Å². The van der Waals surface area contributed by atoms with E-state index in [4.69, 9.17) is 4.74 Å². The quantitative estimate of drug-likeness (QED) is 0.571. The van der Waals surface area contributed by atoms with Gasteiger partial charge in [0.1, 0.15) is 0 Å². The fourth-order valence-electron chi connectivity index (χ4n) is 2.30. The van der Waals surface area contributed by atoms with E-state index in [1.165, 1.54) is 0 Å². The number of amides is 2. The van der Waals surface area contributed by atoms with Crippen LogP contribution in [0.5, 0.6) is 0 Å². The summed E-state index contributed by atoms with van der Waals surface area (Å²) in [6.07, 6.45) is 0.778. The standard InChI is InChI=1S/C20H25N3O3/c1-26-13-5-12-21-20(25)17-8-10-18(11-9-17)22-15-19(24)23-14-16-6-3-2-4-7-16/h2-4,6-11,22H,5,12-15H2,1H3,(H,21,25)(H,23,24). The SMILES string of the molecule is COCCCNC(=O)c1ccc(NCC(=O)NCc2ccccc2)cc1. The Bertz CT molecular complexity index is 687. The number of hydrogen-bond donors (Lipinski definition) is 3. The lowest BCUT2D eigenvalue weighted by Gasteiger charge is -2.09. The summed E-state index contributed by atoms with van der Waals surface area (Å²) >= 11 is 0. The van der Waals surface area contributed by atoms with E-state index in [1.807, 2.05) is 30.3 Å². The van der Waals surface area contributed by atoms with Gasteiger partial charge in [0.15, 0.2) is 0 Å². The van der Waals surface area contributed by atoms with Crippen LogP contribution in [0.4, 0.5) is 5.69 Å². The molecule has 3 N–H and O–H groups in total. The van der Waals surface area contributed by atoms with Gasteiger partial charge >= 0.3 is 0 Å². The molecule has 0 aliphatic carbocycles. The van der Waals surface area contributed by atoms with Crippen molar-refractivity contribution in [2.24, 2.45) is 0 Å². The van der Waals surface area contributed by atoms with Gasteiger partial charge in [-0.05, 0) is 36.2 Å². The Morgan fingerprint density at radius 2 is 1.69 bits per heavy atom. The Morgan fingerprint density at radius 1 is 0.962 bits per heavy atom. The predicted octanol–water partition coefficient (Wildman–Crippen LogP) is 2.18. The zero-order chi connectivity index (χ0) is 18.6. The molecule has 26 heavy (non-hydrogen) atoms. The molecule has 0 radical (unpaired) electrons. The van der Waals surface area contributed by atoms with Crippen LogP contribution in [0.3, 0.4) is 0 Å². The van der Waals surface area contributed by atoms with Crippen LogP contribution >= 0.6 is 0 Å². The van der Waals surface area contributed by atoms with Crippen molar-refractivity contribution in [2.45, 2.75) is 13.0 Å². The second-order valence-electron chi connectivity index (χ2n) is 5.80. The molecule has 0 unspecified atom stereocenters. The number of methoxy groups -OCH3 is 1. The monoisotopic (exact) mass is 355 g/mol. The average molecular weight is 355 g/mol. The molecule has 0 bridgehead atoms. The van der Waals surface area contributed by atoms with E-state index in [0.717, 1.165) is 17.7 Å². The van der Waals surface area contributed by atoms with Crippen molar-refractivity contribution in [1.82, 2.24) is 10.6 Å². The summed E-state index contributed by atoms with van der Waals surface area (Å²) in [5.74, 6) is -0.206. The third-order valence-electron chi connectivity index (χ3n) is 3.74. The number of benzene rings is 2. The van der Waals surface area contributed by atoms with Crippen molar-refractivity contribution in [3.05, 3.63) is 65.7 Å². The molecule has 0 saturated carbocycles. The van der Waals surface area contributed by atoms with Crippen molar-refractivity contribution in [3.8, 4) is 0 Å². The summed E-state index contributed by atoms with van der Waals surface area (Å²) in [4.78, 5) is 23.9. The predicted molar refractivity (Wildman–Crippen MR) is 102 cm³/mol. The zero-order valence-corrected chi connectivity index (χ0v) is 15.0. The molecule has 2 aromatic rings. The minimum atomic E-state index is -0.117. The second-order valence-corrected chi connectivity index (χ2v) is 5.80. The van der Waals surface area contributed by atoms with Gasteiger partial charge in [-0.1, -0.05) is 30.3 Å². The van der Waals surface area contributed by atoms with Gasteiger partial charge in [0.05, 0.1) is 6.54 Å². The average Bonchev–Trinajstić information content (AvgIpc) is 2.69. The van der Waals surface area contributed by atoms with E-state index in [1.54, 1.807) is 31.4 Å². The van der Waals surface area contributed by atoms with E-state index in [0.29, 0.717) is 25.3 Å². The summed E-state index contributed by atoms with van der Waals surface area (Å²) in [6, 6.07) is 16.8. The summed E-state index contributed by atoms with van der Waals surface area (Å²) in [7, 11) is 1.63. The maximum Gasteiger partial charge on any atom is 0.251 e. The molecule has 138 valence electrons. The summed E-state index contributed by atoms with van der Waals surface area (Å²) in [5, 5.41) is 8.74.